The van der Waals surface area contributed by atoms with E-state index in [1.165, 1.54) is 18.5 Å². The minimum atomic E-state index is -0.0905. The van der Waals surface area contributed by atoms with Crippen molar-refractivity contribution in [2.24, 2.45) is 5.92 Å². The molecule has 0 aromatic heterocycles. The number of nitrogens with zero attached hydrogens (tertiary/aromatic N) is 2. The first-order valence-corrected chi connectivity index (χ1v) is 9.86. The number of urea groups is 1. The second-order valence-corrected chi connectivity index (χ2v) is 7.42. The highest BCUT2D eigenvalue weighted by molar-refractivity contribution is 5.73. The molecule has 2 aliphatic heterocycles. The Labute approximate surface area is 156 Å². The van der Waals surface area contributed by atoms with Gasteiger partial charge < -0.3 is 25.2 Å². The molecule has 144 valence electrons. The molecule has 0 radical (unpaired) electrons. The Balaban J connectivity index is 1.33. The van der Waals surface area contributed by atoms with Gasteiger partial charge in [0.1, 0.15) is 0 Å². The Morgan fingerprint density at radius 3 is 2.65 bits per heavy atom. The summed E-state index contributed by atoms with van der Waals surface area (Å²) in [5, 5.41) is 5.91. The topological polar surface area (TPSA) is 56.8 Å². The molecule has 0 bridgehead atoms. The number of ether oxygens (including phenoxy) is 1. The van der Waals surface area contributed by atoms with Crippen molar-refractivity contribution < 1.29 is 9.53 Å². The lowest BCUT2D eigenvalue weighted by Gasteiger charge is -2.30. The molecule has 2 heterocycles. The summed E-state index contributed by atoms with van der Waals surface area (Å²) in [5.74, 6) is 0.776. The molecule has 0 aliphatic carbocycles. The molecule has 2 amide bonds. The molecule has 1 aromatic rings. The van der Waals surface area contributed by atoms with Gasteiger partial charge in [0, 0.05) is 45.0 Å². The fourth-order valence-corrected chi connectivity index (χ4v) is 3.71. The smallest absolute Gasteiger partial charge is 0.315 e. The largest absolute Gasteiger partial charge is 0.378 e. The molecule has 2 saturated heterocycles. The third kappa shape index (κ3) is 5.88. The normalized spacial score (nSPS) is 21.4. The zero-order valence-corrected chi connectivity index (χ0v) is 15.9. The molecule has 0 saturated carbocycles. The number of morpholine rings is 1. The Kier molecular flexibility index (Phi) is 7.14. The van der Waals surface area contributed by atoms with E-state index >= 15 is 0 Å². The van der Waals surface area contributed by atoms with E-state index in [9.17, 15) is 4.79 Å². The minimum Gasteiger partial charge on any atom is -0.378 e. The average Bonchev–Trinajstić information content (AvgIpc) is 2.68. The van der Waals surface area contributed by atoms with Crippen molar-refractivity contribution in [3.05, 3.63) is 29.8 Å². The van der Waals surface area contributed by atoms with Gasteiger partial charge in [-0.3, -0.25) is 0 Å². The van der Waals surface area contributed by atoms with E-state index in [0.29, 0.717) is 13.1 Å². The molecule has 1 unspecified atom stereocenters. The quantitative estimate of drug-likeness (QED) is 0.815. The van der Waals surface area contributed by atoms with Gasteiger partial charge in [-0.2, -0.15) is 0 Å². The zero-order valence-electron chi connectivity index (χ0n) is 15.9. The Morgan fingerprint density at radius 2 is 1.92 bits per heavy atom. The van der Waals surface area contributed by atoms with Crippen molar-refractivity contribution in [2.75, 3.05) is 57.4 Å². The second-order valence-electron chi connectivity index (χ2n) is 7.42. The van der Waals surface area contributed by atoms with Crippen molar-refractivity contribution in [1.82, 2.24) is 15.5 Å². The van der Waals surface area contributed by atoms with Gasteiger partial charge in [0.05, 0.1) is 13.2 Å². The van der Waals surface area contributed by atoms with E-state index in [1.54, 1.807) is 0 Å². The number of nitrogens with one attached hydrogen (secondary N) is 2. The molecule has 0 spiro atoms. The van der Waals surface area contributed by atoms with Crippen LogP contribution in [0.1, 0.15) is 25.3 Å². The summed E-state index contributed by atoms with van der Waals surface area (Å²) in [5.41, 5.74) is 2.33. The lowest BCUT2D eigenvalue weighted by atomic mass is 10.0. The first-order valence-electron chi connectivity index (χ1n) is 9.86. The van der Waals surface area contributed by atoms with Crippen molar-refractivity contribution in [3.63, 3.8) is 0 Å². The molecule has 6 nitrogen and oxygen atoms in total. The average molecular weight is 361 g/mol. The molecule has 26 heavy (non-hydrogen) atoms. The van der Waals surface area contributed by atoms with Crippen molar-refractivity contribution >= 4 is 11.7 Å². The van der Waals surface area contributed by atoms with Crippen LogP contribution >= 0.6 is 0 Å². The summed E-state index contributed by atoms with van der Waals surface area (Å²) < 4.78 is 5.39. The number of carbonyl (C=O) groups excluding carboxylic acids is 1. The Hall–Kier alpha value is -1.79. The Bertz CT molecular complexity index is 557. The molecule has 1 atom stereocenters. The monoisotopic (exact) mass is 360 g/mol. The molecule has 1 aromatic carbocycles. The fraction of sp³-hybridized carbons (Fsp3) is 0.650. The van der Waals surface area contributed by atoms with E-state index in [2.05, 4.69) is 51.6 Å². The summed E-state index contributed by atoms with van der Waals surface area (Å²) in [6.45, 7) is 10.3. The van der Waals surface area contributed by atoms with Crippen LogP contribution in [0.2, 0.25) is 0 Å². The van der Waals surface area contributed by atoms with Gasteiger partial charge in [-0.15, -0.1) is 0 Å². The van der Waals surface area contributed by atoms with Crippen molar-refractivity contribution in [1.29, 1.82) is 0 Å². The van der Waals surface area contributed by atoms with Gasteiger partial charge in [0.25, 0.3) is 0 Å². The van der Waals surface area contributed by atoms with Gasteiger partial charge in [-0.25, -0.2) is 4.79 Å². The summed E-state index contributed by atoms with van der Waals surface area (Å²) >= 11 is 0. The number of piperidine rings is 1. The highest BCUT2D eigenvalue weighted by Gasteiger charge is 2.15. The molecular weight excluding hydrogens is 328 g/mol. The third-order valence-electron chi connectivity index (χ3n) is 5.22. The third-order valence-corrected chi connectivity index (χ3v) is 5.22. The van der Waals surface area contributed by atoms with Gasteiger partial charge >= 0.3 is 6.03 Å². The van der Waals surface area contributed by atoms with Crippen LogP contribution in [0.3, 0.4) is 0 Å². The molecule has 2 aliphatic rings. The van der Waals surface area contributed by atoms with E-state index < -0.39 is 0 Å². The van der Waals surface area contributed by atoms with Gasteiger partial charge in [0.2, 0.25) is 0 Å². The van der Waals surface area contributed by atoms with Crippen LogP contribution in [0, 0.1) is 5.92 Å². The predicted molar refractivity (Wildman–Crippen MR) is 105 cm³/mol. The minimum absolute atomic E-state index is 0.0905. The first-order chi connectivity index (χ1) is 12.7. The van der Waals surface area contributed by atoms with Crippen LogP contribution in [0.5, 0.6) is 0 Å². The van der Waals surface area contributed by atoms with E-state index in [1.807, 2.05) is 0 Å². The summed E-state index contributed by atoms with van der Waals surface area (Å²) in [6, 6.07) is 8.32. The number of amides is 2. The molecular formula is C20H32N4O2. The number of anilines is 1. The van der Waals surface area contributed by atoms with Crippen molar-refractivity contribution in [2.45, 2.75) is 26.3 Å². The van der Waals surface area contributed by atoms with E-state index in [0.717, 1.165) is 57.4 Å². The van der Waals surface area contributed by atoms with Gasteiger partial charge in [-0.05, 0) is 43.0 Å². The number of hydrogen-bond donors (Lipinski definition) is 2. The van der Waals surface area contributed by atoms with E-state index in [-0.39, 0.29) is 6.03 Å². The zero-order chi connectivity index (χ0) is 18.2. The van der Waals surface area contributed by atoms with Crippen LogP contribution in [-0.4, -0.2) is 63.4 Å². The van der Waals surface area contributed by atoms with E-state index in [4.69, 9.17) is 4.74 Å². The number of likely N-dealkylation sites (tertiary alicyclic amines) is 1. The molecule has 6 heteroatoms. The maximum absolute atomic E-state index is 12.0. The molecule has 2 N–H and O–H groups in total. The summed E-state index contributed by atoms with van der Waals surface area (Å²) in [7, 11) is 0. The van der Waals surface area contributed by atoms with Crippen LogP contribution in [0.15, 0.2) is 24.3 Å². The number of benzene rings is 1. The van der Waals surface area contributed by atoms with Gasteiger partial charge in [0.15, 0.2) is 0 Å². The highest BCUT2D eigenvalue weighted by atomic mass is 16.5. The number of hydrogen-bond acceptors (Lipinski definition) is 4. The van der Waals surface area contributed by atoms with Gasteiger partial charge in [-0.1, -0.05) is 19.1 Å². The Morgan fingerprint density at radius 1 is 1.15 bits per heavy atom. The molecule has 2 fully saturated rings. The van der Waals surface area contributed by atoms with Crippen LogP contribution in [-0.2, 0) is 11.3 Å². The lowest BCUT2D eigenvalue weighted by Crippen LogP contribution is -2.42. The lowest BCUT2D eigenvalue weighted by molar-refractivity contribution is 0.122. The standard InChI is InChI=1S/C20H32N4O2/c1-17-3-2-9-23(16-17)10-8-21-20(25)22-15-18-4-6-19(7-5-18)24-11-13-26-14-12-24/h4-7,17H,2-3,8-16H2,1H3,(H2,21,22,25). The number of carbonyl (C=O) groups is 1. The summed E-state index contributed by atoms with van der Waals surface area (Å²) in [6.07, 6.45) is 2.60. The molecule has 3 rings (SSSR count). The van der Waals surface area contributed by atoms with Crippen LogP contribution in [0.25, 0.3) is 0 Å². The fourth-order valence-electron chi connectivity index (χ4n) is 3.71. The SMILES string of the molecule is CC1CCCN(CCNC(=O)NCc2ccc(N3CCOCC3)cc2)C1. The van der Waals surface area contributed by atoms with Crippen molar-refractivity contribution in [3.8, 4) is 0 Å². The number of rotatable bonds is 6. The maximum Gasteiger partial charge on any atom is 0.315 e. The predicted octanol–water partition coefficient (Wildman–Crippen LogP) is 2.05. The van der Waals surface area contributed by atoms with Crippen LogP contribution in [0.4, 0.5) is 10.5 Å². The maximum atomic E-state index is 12.0. The highest BCUT2D eigenvalue weighted by Crippen LogP contribution is 2.16. The first kappa shape index (κ1) is 19.0. The van der Waals surface area contributed by atoms with Crippen LogP contribution < -0.4 is 15.5 Å². The second kappa shape index (κ2) is 9.78. The summed E-state index contributed by atoms with van der Waals surface area (Å²) in [4.78, 5) is 16.7.